The highest BCUT2D eigenvalue weighted by molar-refractivity contribution is 5.82. The van der Waals surface area contributed by atoms with Gasteiger partial charge in [-0.05, 0) is 59.7 Å². The molecule has 0 aromatic heterocycles. The molecule has 3 aromatic carbocycles. The topological polar surface area (TPSA) is 38.4 Å². The van der Waals surface area contributed by atoms with Gasteiger partial charge in [0, 0.05) is 12.4 Å². The zero-order valence-corrected chi connectivity index (χ0v) is 15.8. The van der Waals surface area contributed by atoms with Crippen molar-refractivity contribution >= 4 is 6.21 Å². The Hall–Kier alpha value is -2.97. The predicted octanol–water partition coefficient (Wildman–Crippen LogP) is 5.40. The Balaban J connectivity index is 1.91. The van der Waals surface area contributed by atoms with Crippen LogP contribution in [0.5, 0.6) is 0 Å². The summed E-state index contributed by atoms with van der Waals surface area (Å²) in [4.78, 5) is 4.32. The van der Waals surface area contributed by atoms with Crippen molar-refractivity contribution in [2.24, 2.45) is 10.7 Å². The van der Waals surface area contributed by atoms with Gasteiger partial charge in [-0.2, -0.15) is 0 Å². The molecule has 0 aliphatic rings. The molecule has 2 nitrogen and oxygen atoms in total. The van der Waals surface area contributed by atoms with Crippen molar-refractivity contribution in [3.63, 3.8) is 0 Å². The standard InChI is InChI=1S/C25H26N2/c1-2-16-27-19-24-13-12-20(17-22(24)14-15-26)18-23-10-6-7-11-25(23)21-8-4-3-5-9-21/h2-13,16-17,19H,14-15,18,26H2,1H3/b16-2-,27-19+. The van der Waals surface area contributed by atoms with Gasteiger partial charge >= 0.3 is 0 Å². The molecule has 0 aliphatic carbocycles. The van der Waals surface area contributed by atoms with E-state index in [1.807, 2.05) is 19.2 Å². The van der Waals surface area contributed by atoms with Crippen LogP contribution in [0.2, 0.25) is 0 Å². The fourth-order valence-corrected chi connectivity index (χ4v) is 3.27. The summed E-state index contributed by atoms with van der Waals surface area (Å²) in [6, 6.07) is 25.8. The minimum absolute atomic E-state index is 0.633. The number of nitrogens with two attached hydrogens (primary N) is 1. The monoisotopic (exact) mass is 354 g/mol. The number of hydrogen-bond acceptors (Lipinski definition) is 2. The van der Waals surface area contributed by atoms with Gasteiger partial charge in [-0.1, -0.05) is 78.9 Å². The van der Waals surface area contributed by atoms with Crippen LogP contribution in [-0.2, 0) is 12.8 Å². The lowest BCUT2D eigenvalue weighted by Crippen LogP contribution is -2.06. The molecule has 0 saturated heterocycles. The number of rotatable bonds is 7. The second-order valence-electron chi connectivity index (χ2n) is 6.53. The van der Waals surface area contributed by atoms with E-state index < -0.39 is 0 Å². The van der Waals surface area contributed by atoms with E-state index in [-0.39, 0.29) is 0 Å². The van der Waals surface area contributed by atoms with Crippen LogP contribution < -0.4 is 5.73 Å². The van der Waals surface area contributed by atoms with E-state index in [9.17, 15) is 0 Å². The van der Waals surface area contributed by atoms with E-state index in [4.69, 9.17) is 5.73 Å². The Labute approximate surface area is 162 Å². The van der Waals surface area contributed by atoms with Crippen LogP contribution >= 0.6 is 0 Å². The fourth-order valence-electron chi connectivity index (χ4n) is 3.27. The van der Waals surface area contributed by atoms with Crippen LogP contribution in [0.15, 0.2) is 90.1 Å². The summed E-state index contributed by atoms with van der Waals surface area (Å²) < 4.78 is 0. The lowest BCUT2D eigenvalue weighted by atomic mass is 9.93. The number of hydrogen-bond donors (Lipinski definition) is 1. The molecule has 0 bridgehead atoms. The maximum atomic E-state index is 5.83. The molecular formula is C25H26N2. The molecule has 2 heteroatoms. The lowest BCUT2D eigenvalue weighted by molar-refractivity contribution is 0.962. The van der Waals surface area contributed by atoms with E-state index in [1.165, 1.54) is 27.8 Å². The summed E-state index contributed by atoms with van der Waals surface area (Å²) in [5.74, 6) is 0. The first kappa shape index (κ1) is 18.8. The Kier molecular flexibility index (Phi) is 6.72. The molecule has 0 saturated carbocycles. The smallest absolute Gasteiger partial charge is 0.0342 e. The zero-order valence-electron chi connectivity index (χ0n) is 15.8. The molecule has 27 heavy (non-hydrogen) atoms. The summed E-state index contributed by atoms with van der Waals surface area (Å²) in [5.41, 5.74) is 13.4. The highest BCUT2D eigenvalue weighted by Gasteiger charge is 2.07. The van der Waals surface area contributed by atoms with Crippen molar-refractivity contribution < 1.29 is 0 Å². The largest absolute Gasteiger partial charge is 0.330 e. The lowest BCUT2D eigenvalue weighted by Gasteiger charge is -2.12. The Morgan fingerprint density at radius 2 is 1.67 bits per heavy atom. The number of benzene rings is 3. The van der Waals surface area contributed by atoms with Crippen molar-refractivity contribution in [3.05, 3.63) is 107 Å². The Morgan fingerprint density at radius 1 is 0.889 bits per heavy atom. The Bertz CT molecular complexity index is 924. The van der Waals surface area contributed by atoms with Crippen molar-refractivity contribution in [1.82, 2.24) is 0 Å². The summed E-state index contributed by atoms with van der Waals surface area (Å²) in [6.45, 7) is 2.60. The number of aliphatic imine (C=N–C) groups is 1. The first-order chi connectivity index (χ1) is 13.3. The summed E-state index contributed by atoms with van der Waals surface area (Å²) in [5, 5.41) is 0. The normalized spacial score (nSPS) is 11.5. The van der Waals surface area contributed by atoms with Crippen LogP contribution in [-0.4, -0.2) is 12.8 Å². The Morgan fingerprint density at radius 3 is 2.44 bits per heavy atom. The highest BCUT2D eigenvalue weighted by atomic mass is 14.7. The van der Waals surface area contributed by atoms with Gasteiger partial charge in [0.1, 0.15) is 0 Å². The average molecular weight is 354 g/mol. The second kappa shape index (κ2) is 9.65. The molecule has 136 valence electrons. The summed E-state index contributed by atoms with van der Waals surface area (Å²) in [7, 11) is 0. The third-order valence-electron chi connectivity index (χ3n) is 4.57. The molecule has 0 unspecified atom stereocenters. The van der Waals surface area contributed by atoms with Gasteiger partial charge in [-0.3, -0.25) is 4.99 Å². The van der Waals surface area contributed by atoms with E-state index in [0.717, 1.165) is 18.4 Å². The maximum Gasteiger partial charge on any atom is 0.0342 e. The van der Waals surface area contributed by atoms with Gasteiger partial charge in [0.25, 0.3) is 0 Å². The quantitative estimate of drug-likeness (QED) is 0.567. The molecule has 3 aromatic rings. The SMILES string of the molecule is C/C=C\N=C\c1ccc(Cc2ccccc2-c2ccccc2)cc1CCN. The van der Waals surface area contributed by atoms with Crippen LogP contribution in [0, 0.1) is 0 Å². The molecule has 0 fully saturated rings. The van der Waals surface area contributed by atoms with Crippen molar-refractivity contribution in [2.75, 3.05) is 6.54 Å². The minimum Gasteiger partial charge on any atom is -0.330 e. The van der Waals surface area contributed by atoms with Crippen LogP contribution in [0.3, 0.4) is 0 Å². The second-order valence-corrected chi connectivity index (χ2v) is 6.53. The highest BCUT2D eigenvalue weighted by Crippen LogP contribution is 2.26. The van der Waals surface area contributed by atoms with E-state index in [1.54, 1.807) is 6.20 Å². The van der Waals surface area contributed by atoms with Gasteiger partial charge in [-0.25, -0.2) is 0 Å². The van der Waals surface area contributed by atoms with Gasteiger partial charge in [0.2, 0.25) is 0 Å². The molecular weight excluding hydrogens is 328 g/mol. The number of nitrogens with zero attached hydrogens (tertiary/aromatic N) is 1. The zero-order chi connectivity index (χ0) is 18.9. The molecule has 3 rings (SSSR count). The van der Waals surface area contributed by atoms with Gasteiger partial charge < -0.3 is 5.73 Å². The van der Waals surface area contributed by atoms with Gasteiger partial charge in [0.05, 0.1) is 0 Å². The molecule has 0 atom stereocenters. The van der Waals surface area contributed by atoms with Gasteiger partial charge in [-0.15, -0.1) is 0 Å². The van der Waals surface area contributed by atoms with E-state index >= 15 is 0 Å². The van der Waals surface area contributed by atoms with E-state index in [2.05, 4.69) is 77.8 Å². The minimum atomic E-state index is 0.633. The predicted molar refractivity (Wildman–Crippen MR) is 116 cm³/mol. The first-order valence-electron chi connectivity index (χ1n) is 9.41. The van der Waals surface area contributed by atoms with Crippen molar-refractivity contribution in [3.8, 4) is 11.1 Å². The summed E-state index contributed by atoms with van der Waals surface area (Å²) >= 11 is 0. The van der Waals surface area contributed by atoms with Crippen molar-refractivity contribution in [2.45, 2.75) is 19.8 Å². The van der Waals surface area contributed by atoms with Crippen LogP contribution in [0.1, 0.15) is 29.2 Å². The van der Waals surface area contributed by atoms with Gasteiger partial charge in [0.15, 0.2) is 0 Å². The average Bonchev–Trinajstić information content (AvgIpc) is 2.71. The third-order valence-corrected chi connectivity index (χ3v) is 4.57. The van der Waals surface area contributed by atoms with Crippen LogP contribution in [0.4, 0.5) is 0 Å². The molecule has 0 radical (unpaired) electrons. The molecule has 2 N–H and O–H groups in total. The maximum absolute atomic E-state index is 5.83. The molecule has 0 spiro atoms. The molecule has 0 amide bonds. The van der Waals surface area contributed by atoms with Crippen LogP contribution in [0.25, 0.3) is 11.1 Å². The molecule has 0 heterocycles. The summed E-state index contributed by atoms with van der Waals surface area (Å²) in [6.07, 6.45) is 7.39. The first-order valence-corrected chi connectivity index (χ1v) is 9.41. The third kappa shape index (κ3) is 5.02. The van der Waals surface area contributed by atoms with E-state index in [0.29, 0.717) is 6.54 Å². The molecule has 0 aliphatic heterocycles. The number of allylic oxidation sites excluding steroid dienone is 1. The van der Waals surface area contributed by atoms with Crippen molar-refractivity contribution in [1.29, 1.82) is 0 Å². The fraction of sp³-hybridized carbons (Fsp3) is 0.160.